The molecule has 1 aromatic carbocycles. The number of esters is 1. The van der Waals surface area contributed by atoms with Crippen molar-refractivity contribution in [2.75, 3.05) is 57.1 Å². The van der Waals surface area contributed by atoms with Crippen LogP contribution in [0.1, 0.15) is 233 Å². The lowest BCUT2D eigenvalue weighted by Gasteiger charge is -2.28. The zero-order valence-electron chi connectivity index (χ0n) is 40.0. The molecular formula is C51H93N3O7. The Morgan fingerprint density at radius 3 is 1.48 bits per heavy atom. The predicted molar refractivity (Wildman–Crippen MR) is 255 cm³/mol. The minimum atomic E-state index is -0.544. The number of nitrogens with one attached hydrogen (secondary N) is 2. The van der Waals surface area contributed by atoms with E-state index in [1.165, 1.54) is 96.3 Å². The molecule has 0 radical (unpaired) electrons. The molecule has 1 saturated carbocycles. The molecule has 2 rings (SSSR count). The van der Waals surface area contributed by atoms with Gasteiger partial charge in [-0.2, -0.15) is 0 Å². The predicted octanol–water partition coefficient (Wildman–Crippen LogP) is 13.0. The first-order valence-corrected chi connectivity index (χ1v) is 25.7. The summed E-state index contributed by atoms with van der Waals surface area (Å²) in [6.07, 6.45) is 37.1. The zero-order chi connectivity index (χ0) is 44.2. The summed E-state index contributed by atoms with van der Waals surface area (Å²) >= 11 is 0. The molecule has 0 unspecified atom stereocenters. The molecular weight excluding hydrogens is 767 g/mol. The van der Waals surface area contributed by atoms with E-state index < -0.39 is 17.0 Å². The van der Waals surface area contributed by atoms with E-state index in [0.29, 0.717) is 37.6 Å². The molecule has 0 saturated heterocycles. The van der Waals surface area contributed by atoms with E-state index in [4.69, 9.17) is 14.2 Å². The number of rotatable bonds is 44. The molecule has 0 amide bonds. The van der Waals surface area contributed by atoms with Gasteiger partial charge in [0.15, 0.2) is 0 Å². The van der Waals surface area contributed by atoms with Gasteiger partial charge in [0.25, 0.3) is 10.9 Å². The van der Waals surface area contributed by atoms with Crippen LogP contribution < -0.4 is 21.5 Å². The van der Waals surface area contributed by atoms with E-state index in [0.717, 1.165) is 129 Å². The first-order valence-electron chi connectivity index (χ1n) is 25.7. The van der Waals surface area contributed by atoms with Crippen molar-refractivity contribution in [3.63, 3.8) is 0 Å². The Morgan fingerprint density at radius 2 is 1.00 bits per heavy atom. The van der Waals surface area contributed by atoms with Crippen LogP contribution in [0.5, 0.6) is 0 Å². The van der Waals surface area contributed by atoms with Gasteiger partial charge in [0, 0.05) is 32.0 Å². The molecule has 0 bridgehead atoms. The van der Waals surface area contributed by atoms with Crippen LogP contribution in [0.4, 0.5) is 16.2 Å². The molecule has 61 heavy (non-hydrogen) atoms. The second kappa shape index (κ2) is 35.8. The molecule has 1 fully saturated rings. The molecule has 10 nitrogen and oxygen atoms in total. The molecule has 1 aliphatic carbocycles. The van der Waals surface area contributed by atoms with Crippen molar-refractivity contribution in [3.8, 4) is 0 Å². The quantitative estimate of drug-likeness (QED) is 0.0372. The summed E-state index contributed by atoms with van der Waals surface area (Å²) in [5, 5.41) is 6.19. The number of carbonyl (C=O) groups excluding carboxylic acids is 2. The molecule has 0 aromatic heterocycles. The van der Waals surface area contributed by atoms with Gasteiger partial charge in [-0.15, -0.1) is 0 Å². The van der Waals surface area contributed by atoms with Gasteiger partial charge in [0.2, 0.25) is 0 Å². The molecule has 0 atom stereocenters. The molecule has 354 valence electrons. The number of unbranched alkanes of at least 4 members (excludes halogenated alkanes) is 23. The lowest BCUT2D eigenvalue weighted by Crippen LogP contribution is -2.40. The van der Waals surface area contributed by atoms with Gasteiger partial charge in [0.1, 0.15) is 17.5 Å². The van der Waals surface area contributed by atoms with E-state index in [1.807, 2.05) is 0 Å². The van der Waals surface area contributed by atoms with Crippen LogP contribution in [0.25, 0.3) is 0 Å². The summed E-state index contributed by atoms with van der Waals surface area (Å²) in [6.45, 7) is 11.3. The van der Waals surface area contributed by atoms with Crippen molar-refractivity contribution < 1.29 is 23.8 Å². The number of anilines is 2. The van der Waals surface area contributed by atoms with Crippen LogP contribution in [0.3, 0.4) is 0 Å². The Kier molecular flexibility index (Phi) is 32.0. The van der Waals surface area contributed by atoms with Crippen molar-refractivity contribution in [2.45, 2.75) is 239 Å². The van der Waals surface area contributed by atoms with E-state index in [-0.39, 0.29) is 17.5 Å². The van der Waals surface area contributed by atoms with E-state index in [2.05, 4.69) is 36.3 Å². The number of hydrogen-bond acceptors (Lipinski definition) is 10. The fourth-order valence-corrected chi connectivity index (χ4v) is 8.54. The molecule has 1 aromatic rings. The maximum absolute atomic E-state index is 12.9. The highest BCUT2D eigenvalue weighted by Gasteiger charge is 2.44. The van der Waals surface area contributed by atoms with Crippen LogP contribution in [0.2, 0.25) is 0 Å². The van der Waals surface area contributed by atoms with Gasteiger partial charge in [-0.25, -0.2) is 4.79 Å². The molecule has 10 heteroatoms. The maximum atomic E-state index is 12.9. The van der Waals surface area contributed by atoms with Crippen LogP contribution in [-0.2, 0) is 19.0 Å². The minimum Gasteiger partial charge on any atom is -0.462 e. The lowest BCUT2D eigenvalue weighted by atomic mass is 10.0. The third-order valence-corrected chi connectivity index (χ3v) is 12.8. The van der Waals surface area contributed by atoms with Crippen LogP contribution >= 0.6 is 0 Å². The fourth-order valence-electron chi connectivity index (χ4n) is 8.54. The Labute approximate surface area is 372 Å². The highest BCUT2D eigenvalue weighted by Crippen LogP contribution is 2.46. The third kappa shape index (κ3) is 26.6. The standard InChI is InChI=1S/C51H93N3O7/c1-5-8-11-14-17-24-31-40-59-50(58)60-41-32-25-23-30-39-54(43-51(36-37-51)42-53-47-46(52-4)48(56)49(47)57)38-29-22-18-21-28-35-45(55)61-44(33-26-19-15-12-9-6-2)34-27-20-16-13-10-7-3/h44,52-53H,5-43H2,1-4H3. The monoisotopic (exact) mass is 860 g/mol. The van der Waals surface area contributed by atoms with Crippen molar-refractivity contribution in [3.05, 3.63) is 20.4 Å². The van der Waals surface area contributed by atoms with E-state index >= 15 is 0 Å². The highest BCUT2D eigenvalue weighted by atomic mass is 16.7. The van der Waals surface area contributed by atoms with Crippen molar-refractivity contribution in [1.82, 2.24) is 4.90 Å². The van der Waals surface area contributed by atoms with Gasteiger partial charge >= 0.3 is 12.1 Å². The Balaban J connectivity index is 1.71. The van der Waals surface area contributed by atoms with E-state index in [9.17, 15) is 19.2 Å². The SMILES string of the molecule is CCCCCCCCCOC(=O)OCCCCCCN(CCCCCCCC(=O)OC(CCCCCCCC)CCCCCCCC)CC1(CNc2c(NC)c(=O)c2=O)CC1. The normalized spacial score (nSPS) is 13.3. The molecule has 1 aliphatic rings. The van der Waals surface area contributed by atoms with Crippen molar-refractivity contribution >= 4 is 23.5 Å². The smallest absolute Gasteiger partial charge is 0.462 e. The molecule has 0 spiro atoms. The summed E-state index contributed by atoms with van der Waals surface area (Å²) in [5.41, 5.74) is 0.102. The average Bonchev–Trinajstić information content (AvgIpc) is 4.03. The zero-order valence-corrected chi connectivity index (χ0v) is 40.0. The number of carbonyl (C=O) groups is 2. The largest absolute Gasteiger partial charge is 0.508 e. The van der Waals surface area contributed by atoms with Gasteiger partial charge < -0.3 is 29.7 Å². The maximum Gasteiger partial charge on any atom is 0.508 e. The topological polar surface area (TPSA) is 123 Å². The molecule has 0 aliphatic heterocycles. The number of ether oxygens (including phenoxy) is 3. The third-order valence-electron chi connectivity index (χ3n) is 12.8. The summed E-state index contributed by atoms with van der Waals surface area (Å²) in [7, 11) is 1.68. The van der Waals surface area contributed by atoms with Crippen molar-refractivity contribution in [2.24, 2.45) is 5.41 Å². The van der Waals surface area contributed by atoms with Gasteiger partial charge in [0.05, 0.1) is 13.2 Å². The summed E-state index contributed by atoms with van der Waals surface area (Å²) < 4.78 is 16.6. The van der Waals surface area contributed by atoms with Gasteiger partial charge in [-0.05, 0) is 83.7 Å². The van der Waals surface area contributed by atoms with Gasteiger partial charge in [-0.3, -0.25) is 14.4 Å². The Bertz CT molecular complexity index is 1290. The first kappa shape index (κ1) is 54.5. The average molecular weight is 860 g/mol. The number of nitrogens with zero attached hydrogens (tertiary/aromatic N) is 1. The Hall–Kier alpha value is -2.62. The van der Waals surface area contributed by atoms with Gasteiger partial charge in [-0.1, -0.05) is 156 Å². The second-order valence-corrected chi connectivity index (χ2v) is 18.5. The molecule has 0 heterocycles. The molecule has 2 N–H and O–H groups in total. The summed E-state index contributed by atoms with van der Waals surface area (Å²) in [5.74, 6) is -0.00708. The summed E-state index contributed by atoms with van der Waals surface area (Å²) in [6, 6.07) is 0. The van der Waals surface area contributed by atoms with E-state index in [1.54, 1.807) is 7.05 Å². The van der Waals surface area contributed by atoms with Crippen molar-refractivity contribution in [1.29, 1.82) is 0 Å². The number of hydrogen-bond donors (Lipinski definition) is 2. The van der Waals surface area contributed by atoms with Crippen LogP contribution in [0.15, 0.2) is 9.59 Å². The minimum absolute atomic E-state index is 0.00708. The first-order chi connectivity index (χ1) is 29.8. The van der Waals surface area contributed by atoms with Crippen LogP contribution in [-0.4, -0.2) is 69.6 Å². The highest BCUT2D eigenvalue weighted by molar-refractivity contribution is 5.73. The fraction of sp³-hybridized carbons (Fsp3) is 0.882. The van der Waals surface area contributed by atoms with Crippen LogP contribution in [0, 0.1) is 5.41 Å². The lowest BCUT2D eigenvalue weighted by molar-refractivity contribution is -0.150. The summed E-state index contributed by atoms with van der Waals surface area (Å²) in [4.78, 5) is 51.6. The Morgan fingerprint density at radius 1 is 0.574 bits per heavy atom. The second-order valence-electron chi connectivity index (χ2n) is 18.5.